The van der Waals surface area contributed by atoms with Gasteiger partial charge in [-0.25, -0.2) is 0 Å². The van der Waals surface area contributed by atoms with Crippen LogP contribution in [0.3, 0.4) is 0 Å². The highest BCUT2D eigenvalue weighted by atomic mass is 32.1. The van der Waals surface area contributed by atoms with Gasteiger partial charge in [-0.05, 0) is 63.3 Å². The fourth-order valence-corrected chi connectivity index (χ4v) is 4.26. The monoisotopic (exact) mass is 428 g/mol. The number of Topliss-reactive ketones (excluding diaryl/α,β-unsaturated/α-hetero) is 1. The van der Waals surface area contributed by atoms with Crippen LogP contribution < -0.4 is 10.1 Å². The number of benzene rings is 1. The summed E-state index contributed by atoms with van der Waals surface area (Å²) < 4.78 is 47.1. The number of ketones is 1. The molecule has 2 heterocycles. The van der Waals surface area contributed by atoms with E-state index in [1.54, 1.807) is 19.9 Å². The van der Waals surface area contributed by atoms with Gasteiger partial charge in [0.1, 0.15) is 5.75 Å². The summed E-state index contributed by atoms with van der Waals surface area (Å²) in [6, 6.07) is 7.22. The molecule has 0 radical (unpaired) electrons. The second-order valence-corrected chi connectivity index (χ2v) is 8.72. The van der Waals surface area contributed by atoms with Gasteiger partial charge in [0.2, 0.25) is 0 Å². The molecular formula is C20H23F3N2O3S. The number of hydrogen-bond donors (Lipinski definition) is 2. The molecule has 0 bridgehead atoms. The van der Waals surface area contributed by atoms with Crippen LogP contribution in [0.5, 0.6) is 5.75 Å². The van der Waals surface area contributed by atoms with Crippen molar-refractivity contribution in [1.29, 1.82) is 0 Å². The van der Waals surface area contributed by atoms with Crippen LogP contribution in [0.2, 0.25) is 0 Å². The number of alkyl halides is 3. The largest absolute Gasteiger partial charge is 0.573 e. The number of carbonyl (C=O) groups is 1. The number of ether oxygens (including phenoxy) is 1. The van der Waals surface area contributed by atoms with Gasteiger partial charge in [0.25, 0.3) is 0 Å². The Morgan fingerprint density at radius 2 is 2.03 bits per heavy atom. The van der Waals surface area contributed by atoms with E-state index in [4.69, 9.17) is 0 Å². The zero-order chi connectivity index (χ0) is 21.4. The van der Waals surface area contributed by atoms with Crippen molar-refractivity contribution in [2.75, 3.05) is 6.54 Å². The second kappa shape index (κ2) is 7.70. The van der Waals surface area contributed by atoms with Crippen LogP contribution in [0.1, 0.15) is 54.5 Å². The summed E-state index contributed by atoms with van der Waals surface area (Å²) in [5.74, 6) is -1.01. The maximum absolute atomic E-state index is 13.6. The lowest BCUT2D eigenvalue weighted by molar-refractivity contribution is -0.274. The quantitative estimate of drug-likeness (QED) is 0.700. The van der Waals surface area contributed by atoms with E-state index < -0.39 is 28.9 Å². The highest BCUT2D eigenvalue weighted by Crippen LogP contribution is 2.40. The van der Waals surface area contributed by atoms with Crippen molar-refractivity contribution in [1.82, 2.24) is 9.69 Å². The van der Waals surface area contributed by atoms with Gasteiger partial charge in [-0.2, -0.15) is 4.37 Å². The molecule has 0 saturated carbocycles. The normalized spacial score (nSPS) is 23.1. The van der Waals surface area contributed by atoms with Crippen LogP contribution >= 0.6 is 11.5 Å². The molecule has 2 N–H and O–H groups in total. The van der Waals surface area contributed by atoms with E-state index in [0.29, 0.717) is 23.4 Å². The molecule has 2 aromatic rings. The summed E-state index contributed by atoms with van der Waals surface area (Å²) in [6.45, 7) is 5.46. The Morgan fingerprint density at radius 3 is 2.59 bits per heavy atom. The van der Waals surface area contributed by atoms with Gasteiger partial charge < -0.3 is 15.2 Å². The zero-order valence-electron chi connectivity index (χ0n) is 16.3. The fourth-order valence-electron chi connectivity index (χ4n) is 3.45. The lowest BCUT2D eigenvalue weighted by Gasteiger charge is -2.38. The van der Waals surface area contributed by atoms with Crippen molar-refractivity contribution in [3.05, 3.63) is 46.5 Å². The first-order chi connectivity index (χ1) is 13.4. The Bertz CT molecular complexity index is 882. The molecule has 9 heteroatoms. The van der Waals surface area contributed by atoms with Gasteiger partial charge in [-0.15, -0.1) is 13.2 Å². The van der Waals surface area contributed by atoms with E-state index in [2.05, 4.69) is 14.4 Å². The van der Waals surface area contributed by atoms with E-state index in [1.807, 2.05) is 6.92 Å². The SMILES string of the molecule is C[C@@H]1CC[C@](C(=O)c2ccccc2OC(F)(F)F)(c2cc(C(C)(C)O)sn2)CN1. The lowest BCUT2D eigenvalue weighted by Crippen LogP contribution is -2.52. The molecular weight excluding hydrogens is 405 g/mol. The third-order valence-corrected chi connectivity index (χ3v) is 6.25. The molecule has 0 unspecified atom stereocenters. The number of halogens is 3. The van der Waals surface area contributed by atoms with Gasteiger partial charge in [-0.1, -0.05) is 12.1 Å². The molecule has 0 amide bonds. The van der Waals surface area contributed by atoms with Crippen LogP contribution in [0.25, 0.3) is 0 Å². The summed E-state index contributed by atoms with van der Waals surface area (Å²) >= 11 is 1.09. The number of nitrogens with one attached hydrogen (secondary N) is 1. The third kappa shape index (κ3) is 4.62. The topological polar surface area (TPSA) is 71.5 Å². The Labute approximate surface area is 171 Å². The number of hydrogen-bond acceptors (Lipinski definition) is 6. The fraction of sp³-hybridized carbons (Fsp3) is 0.500. The van der Waals surface area contributed by atoms with Crippen molar-refractivity contribution >= 4 is 17.3 Å². The summed E-state index contributed by atoms with van der Waals surface area (Å²) in [6.07, 6.45) is -3.82. The van der Waals surface area contributed by atoms with Gasteiger partial charge in [-0.3, -0.25) is 4.79 Å². The van der Waals surface area contributed by atoms with E-state index in [1.165, 1.54) is 18.2 Å². The second-order valence-electron chi connectivity index (χ2n) is 7.91. The number of piperidine rings is 1. The third-order valence-electron chi connectivity index (χ3n) is 5.15. The van der Waals surface area contributed by atoms with E-state index in [-0.39, 0.29) is 18.2 Å². The molecule has 1 aliphatic heterocycles. The molecule has 1 aliphatic rings. The van der Waals surface area contributed by atoms with E-state index in [9.17, 15) is 23.1 Å². The maximum Gasteiger partial charge on any atom is 0.573 e. The van der Waals surface area contributed by atoms with Crippen molar-refractivity contribution in [3.8, 4) is 5.75 Å². The maximum atomic E-state index is 13.6. The minimum atomic E-state index is -4.91. The number of carbonyl (C=O) groups excluding carboxylic acids is 1. The van der Waals surface area contributed by atoms with Gasteiger partial charge >= 0.3 is 6.36 Å². The van der Waals surface area contributed by atoms with Crippen LogP contribution in [-0.2, 0) is 11.0 Å². The van der Waals surface area contributed by atoms with Crippen molar-refractivity contribution in [3.63, 3.8) is 0 Å². The molecule has 0 spiro atoms. The van der Waals surface area contributed by atoms with Crippen molar-refractivity contribution < 1.29 is 27.8 Å². The van der Waals surface area contributed by atoms with E-state index in [0.717, 1.165) is 17.6 Å². The minimum absolute atomic E-state index is 0.140. The molecule has 1 saturated heterocycles. The molecule has 3 rings (SSSR count). The van der Waals surface area contributed by atoms with Crippen molar-refractivity contribution in [2.45, 2.75) is 57.0 Å². The number of nitrogens with zero attached hydrogens (tertiary/aromatic N) is 1. The molecule has 158 valence electrons. The van der Waals surface area contributed by atoms with Crippen LogP contribution in [0, 0.1) is 0 Å². The molecule has 1 aromatic carbocycles. The van der Waals surface area contributed by atoms with Gasteiger partial charge in [0.15, 0.2) is 5.78 Å². The smallest absolute Gasteiger partial charge is 0.405 e. The first-order valence-electron chi connectivity index (χ1n) is 9.25. The molecule has 2 atom stereocenters. The van der Waals surface area contributed by atoms with Gasteiger partial charge in [0, 0.05) is 12.6 Å². The number of para-hydroxylation sites is 1. The van der Waals surface area contributed by atoms with Crippen molar-refractivity contribution in [2.24, 2.45) is 0 Å². The average molecular weight is 428 g/mol. The van der Waals surface area contributed by atoms with Crippen LogP contribution in [0.15, 0.2) is 30.3 Å². The Morgan fingerprint density at radius 1 is 1.34 bits per heavy atom. The molecule has 0 aliphatic carbocycles. The highest BCUT2D eigenvalue weighted by molar-refractivity contribution is 7.06. The van der Waals surface area contributed by atoms with Crippen LogP contribution in [0.4, 0.5) is 13.2 Å². The van der Waals surface area contributed by atoms with Crippen LogP contribution in [-0.4, -0.2) is 34.2 Å². The summed E-state index contributed by atoms with van der Waals surface area (Å²) in [4.78, 5) is 14.2. The number of aromatic nitrogens is 1. The van der Waals surface area contributed by atoms with Gasteiger partial charge in [0.05, 0.1) is 27.2 Å². The summed E-state index contributed by atoms with van der Waals surface area (Å²) in [5, 5.41) is 13.5. The summed E-state index contributed by atoms with van der Waals surface area (Å²) in [5.41, 5.74) is -1.96. The molecule has 5 nitrogen and oxygen atoms in total. The average Bonchev–Trinajstić information content (AvgIpc) is 3.12. The molecule has 1 fully saturated rings. The molecule has 29 heavy (non-hydrogen) atoms. The number of aliphatic hydroxyl groups is 1. The minimum Gasteiger partial charge on any atom is -0.405 e. The Kier molecular flexibility index (Phi) is 5.77. The summed E-state index contributed by atoms with van der Waals surface area (Å²) in [7, 11) is 0. The standard InChI is InChI=1S/C20H23F3N2O3S/c1-12-8-9-19(11-24-12,15-10-16(29-25-15)18(2,3)27)17(26)13-6-4-5-7-14(13)28-20(21,22)23/h4-7,10,12,24,27H,8-9,11H2,1-3H3/t12-,19-/m1/s1. The number of rotatable bonds is 5. The zero-order valence-corrected chi connectivity index (χ0v) is 17.2. The Balaban J connectivity index is 2.07. The first-order valence-corrected chi connectivity index (χ1v) is 10.0. The lowest BCUT2D eigenvalue weighted by atomic mass is 9.70. The predicted octanol–water partition coefficient (Wildman–Crippen LogP) is 4.16. The highest BCUT2D eigenvalue weighted by Gasteiger charge is 2.46. The first kappa shape index (κ1) is 21.7. The predicted molar refractivity (Wildman–Crippen MR) is 103 cm³/mol. The van der Waals surface area contributed by atoms with E-state index >= 15 is 0 Å². The Hall–Kier alpha value is -1.97. The molecule has 1 aromatic heterocycles.